The van der Waals surface area contributed by atoms with Crippen molar-refractivity contribution in [2.45, 2.75) is 12.5 Å². The van der Waals surface area contributed by atoms with Gasteiger partial charge in [-0.05, 0) is 23.1 Å². The highest BCUT2D eigenvalue weighted by atomic mass is 32.1. The van der Waals surface area contributed by atoms with Crippen molar-refractivity contribution >= 4 is 17.2 Å². The van der Waals surface area contributed by atoms with Crippen molar-refractivity contribution in [3.05, 3.63) is 57.8 Å². The van der Waals surface area contributed by atoms with Crippen LogP contribution in [0, 0.1) is 0 Å². The van der Waals surface area contributed by atoms with Crippen molar-refractivity contribution in [2.24, 2.45) is 0 Å². The van der Waals surface area contributed by atoms with Crippen LogP contribution in [-0.4, -0.2) is 35.4 Å². The summed E-state index contributed by atoms with van der Waals surface area (Å²) in [6.07, 6.45) is -0.327. The number of amides is 1. The first kappa shape index (κ1) is 15.7. The predicted octanol–water partition coefficient (Wildman–Crippen LogP) is 1.35. The molecule has 5 nitrogen and oxygen atoms in total. The summed E-state index contributed by atoms with van der Waals surface area (Å²) in [5.41, 5.74) is 3.72. The number of carbonyl (C=O) groups is 1. The molecule has 0 aliphatic rings. The Morgan fingerprint density at radius 3 is 2.81 bits per heavy atom. The second-order valence-corrected chi connectivity index (χ2v) is 5.52. The molecule has 0 unspecified atom stereocenters. The summed E-state index contributed by atoms with van der Waals surface area (Å²) in [6, 6.07) is 11.3. The number of hydroxylamine groups is 1. The van der Waals surface area contributed by atoms with Crippen LogP contribution in [0.2, 0.25) is 0 Å². The average molecular weight is 307 g/mol. The molecule has 3 N–H and O–H groups in total. The molecule has 0 spiro atoms. The minimum absolute atomic E-state index is 0.157. The van der Waals surface area contributed by atoms with Gasteiger partial charge in [-0.25, -0.2) is 5.48 Å². The molecule has 112 valence electrons. The molecule has 1 aromatic carbocycles. The minimum Gasteiger partial charge on any atom is -0.394 e. The van der Waals surface area contributed by atoms with Crippen LogP contribution in [-0.2, 0) is 11.3 Å². The van der Waals surface area contributed by atoms with Crippen LogP contribution in [0.15, 0.2) is 41.8 Å². The largest absolute Gasteiger partial charge is 0.394 e. The zero-order chi connectivity index (χ0) is 15.1. The number of nitrogens with one attached hydrogen (secondary N) is 1. The maximum Gasteiger partial charge on any atom is 0.275 e. The summed E-state index contributed by atoms with van der Waals surface area (Å²) in [6.45, 7) is -0.569. The van der Waals surface area contributed by atoms with Gasteiger partial charge < -0.3 is 10.2 Å². The lowest BCUT2D eigenvalue weighted by molar-refractivity contribution is -0.0295. The van der Waals surface area contributed by atoms with Crippen molar-refractivity contribution in [1.82, 2.24) is 5.48 Å². The smallest absolute Gasteiger partial charge is 0.275 e. The van der Waals surface area contributed by atoms with Gasteiger partial charge in [0.1, 0.15) is 12.7 Å². The molecule has 0 fully saturated rings. The molecule has 6 heteroatoms. The summed E-state index contributed by atoms with van der Waals surface area (Å²) >= 11 is 1.64. The van der Waals surface area contributed by atoms with Gasteiger partial charge in [0.05, 0.1) is 6.61 Å². The second kappa shape index (κ2) is 7.90. The first-order valence-corrected chi connectivity index (χ1v) is 7.40. The Labute approximate surface area is 126 Å². The summed E-state index contributed by atoms with van der Waals surface area (Å²) in [4.78, 5) is 18.1. The monoisotopic (exact) mass is 307 g/mol. The van der Waals surface area contributed by atoms with Crippen LogP contribution >= 0.6 is 11.3 Å². The van der Waals surface area contributed by atoms with E-state index in [9.17, 15) is 4.79 Å². The van der Waals surface area contributed by atoms with Crippen LogP contribution < -0.4 is 5.48 Å². The molecule has 0 radical (unpaired) electrons. The summed E-state index contributed by atoms with van der Waals surface area (Å²) in [7, 11) is 0. The van der Waals surface area contributed by atoms with Crippen molar-refractivity contribution < 1.29 is 19.8 Å². The summed E-state index contributed by atoms with van der Waals surface area (Å²) in [5.74, 6) is -0.368. The fourth-order valence-corrected chi connectivity index (χ4v) is 2.54. The van der Waals surface area contributed by atoms with Crippen LogP contribution in [0.5, 0.6) is 0 Å². The standard InChI is InChI=1S/C15H17NO4S/c17-9-12(18)10-20-16-15(19)14-6-2-1-4-11(14)8-13-5-3-7-21-13/h1-7,12,17-18H,8-10H2,(H,16,19)/t12-/m0/s1. The Balaban J connectivity index is 2.00. The highest BCUT2D eigenvalue weighted by Gasteiger charge is 2.12. The SMILES string of the molecule is O=C(NOC[C@@H](O)CO)c1ccccc1Cc1cccs1. The number of carbonyl (C=O) groups excluding carboxylic acids is 1. The first-order valence-electron chi connectivity index (χ1n) is 6.52. The van der Waals surface area contributed by atoms with Gasteiger partial charge in [-0.1, -0.05) is 24.3 Å². The van der Waals surface area contributed by atoms with Crippen molar-refractivity contribution in [1.29, 1.82) is 0 Å². The molecule has 2 aromatic rings. The molecule has 0 aliphatic heterocycles. The fraction of sp³-hybridized carbons (Fsp3) is 0.267. The summed E-state index contributed by atoms with van der Waals surface area (Å²) in [5, 5.41) is 19.8. The number of hydrogen-bond donors (Lipinski definition) is 3. The maximum atomic E-state index is 12.1. The molecule has 0 saturated carbocycles. The molecule has 1 aromatic heterocycles. The Morgan fingerprint density at radius 1 is 1.29 bits per heavy atom. The van der Waals surface area contributed by atoms with E-state index in [2.05, 4.69) is 5.48 Å². The lowest BCUT2D eigenvalue weighted by Gasteiger charge is -2.11. The normalized spacial score (nSPS) is 12.1. The molecular weight excluding hydrogens is 290 g/mol. The topological polar surface area (TPSA) is 78.8 Å². The molecule has 0 saturated heterocycles. The Bertz CT molecular complexity index is 571. The van der Waals surface area contributed by atoms with E-state index in [0.29, 0.717) is 12.0 Å². The molecule has 1 heterocycles. The van der Waals surface area contributed by atoms with Gasteiger partial charge in [-0.15, -0.1) is 11.3 Å². The van der Waals surface area contributed by atoms with E-state index in [0.717, 1.165) is 5.56 Å². The van der Waals surface area contributed by atoms with Gasteiger partial charge in [0.25, 0.3) is 5.91 Å². The van der Waals surface area contributed by atoms with Crippen molar-refractivity contribution in [2.75, 3.05) is 13.2 Å². The van der Waals surface area contributed by atoms with Gasteiger partial charge in [0.15, 0.2) is 0 Å². The molecule has 0 bridgehead atoms. The molecule has 1 atom stereocenters. The third kappa shape index (κ3) is 4.64. The lowest BCUT2D eigenvalue weighted by atomic mass is 10.0. The van der Waals surface area contributed by atoms with E-state index < -0.39 is 12.7 Å². The maximum absolute atomic E-state index is 12.1. The van der Waals surface area contributed by atoms with Gasteiger partial charge in [-0.3, -0.25) is 9.63 Å². The van der Waals surface area contributed by atoms with Crippen LogP contribution in [0.4, 0.5) is 0 Å². The van der Waals surface area contributed by atoms with Gasteiger partial charge in [0.2, 0.25) is 0 Å². The molecular formula is C15H17NO4S. The number of rotatable bonds is 7. The number of aliphatic hydroxyl groups excluding tert-OH is 2. The average Bonchev–Trinajstić information content (AvgIpc) is 3.00. The molecule has 21 heavy (non-hydrogen) atoms. The van der Waals surface area contributed by atoms with E-state index in [-0.39, 0.29) is 12.5 Å². The molecule has 1 amide bonds. The third-order valence-electron chi connectivity index (χ3n) is 2.86. The summed E-state index contributed by atoms with van der Waals surface area (Å²) < 4.78 is 0. The Kier molecular flexibility index (Phi) is 5.89. The third-order valence-corrected chi connectivity index (χ3v) is 3.73. The number of aliphatic hydroxyl groups is 2. The Morgan fingerprint density at radius 2 is 2.10 bits per heavy atom. The first-order chi connectivity index (χ1) is 10.2. The molecule has 0 aliphatic carbocycles. The second-order valence-electron chi connectivity index (χ2n) is 4.49. The zero-order valence-electron chi connectivity index (χ0n) is 11.4. The predicted molar refractivity (Wildman–Crippen MR) is 80.1 cm³/mol. The van der Waals surface area contributed by atoms with E-state index in [4.69, 9.17) is 15.1 Å². The van der Waals surface area contributed by atoms with E-state index >= 15 is 0 Å². The highest BCUT2D eigenvalue weighted by molar-refractivity contribution is 7.09. The van der Waals surface area contributed by atoms with E-state index in [1.165, 1.54) is 4.88 Å². The number of benzene rings is 1. The fourth-order valence-electron chi connectivity index (χ4n) is 1.81. The molecule has 2 rings (SSSR count). The number of hydrogen-bond acceptors (Lipinski definition) is 5. The van der Waals surface area contributed by atoms with E-state index in [1.54, 1.807) is 23.5 Å². The zero-order valence-corrected chi connectivity index (χ0v) is 12.2. The van der Waals surface area contributed by atoms with Gasteiger partial charge in [-0.2, -0.15) is 0 Å². The lowest BCUT2D eigenvalue weighted by Crippen LogP contribution is -2.30. The van der Waals surface area contributed by atoms with Crippen LogP contribution in [0.25, 0.3) is 0 Å². The number of thiophene rings is 1. The quantitative estimate of drug-likeness (QED) is 0.675. The minimum atomic E-state index is -1.01. The van der Waals surface area contributed by atoms with Crippen LogP contribution in [0.1, 0.15) is 20.8 Å². The van der Waals surface area contributed by atoms with Gasteiger partial charge in [0, 0.05) is 16.9 Å². The Hall–Kier alpha value is -1.73. The van der Waals surface area contributed by atoms with Crippen molar-refractivity contribution in [3.63, 3.8) is 0 Å². The van der Waals surface area contributed by atoms with Gasteiger partial charge >= 0.3 is 0 Å². The van der Waals surface area contributed by atoms with Crippen LogP contribution in [0.3, 0.4) is 0 Å². The van der Waals surface area contributed by atoms with E-state index in [1.807, 2.05) is 29.6 Å². The highest BCUT2D eigenvalue weighted by Crippen LogP contribution is 2.18. The van der Waals surface area contributed by atoms with Crippen molar-refractivity contribution in [3.8, 4) is 0 Å².